The second-order valence-electron chi connectivity index (χ2n) is 5.58. The van der Waals surface area contributed by atoms with Gasteiger partial charge in [-0.1, -0.05) is 39.0 Å². The third-order valence-corrected chi connectivity index (χ3v) is 4.27. The molecule has 2 aliphatic rings. The molecule has 1 atom stereocenters. The van der Waals surface area contributed by atoms with Gasteiger partial charge in [0, 0.05) is 31.7 Å². The van der Waals surface area contributed by atoms with Crippen molar-refractivity contribution >= 4 is 0 Å². The molecule has 2 heteroatoms. The summed E-state index contributed by atoms with van der Waals surface area (Å²) >= 11 is 0. The first-order valence-electron chi connectivity index (χ1n) is 7.37. The van der Waals surface area contributed by atoms with E-state index >= 15 is 0 Å². The summed E-state index contributed by atoms with van der Waals surface area (Å²) in [5.74, 6) is 0. The highest BCUT2D eigenvalue weighted by molar-refractivity contribution is 4.83. The Balaban J connectivity index is 1.82. The Kier molecular flexibility index (Phi) is 5.11. The Morgan fingerprint density at radius 2 is 1.88 bits per heavy atom. The van der Waals surface area contributed by atoms with Crippen LogP contribution in [0.25, 0.3) is 0 Å². The summed E-state index contributed by atoms with van der Waals surface area (Å²) in [6.45, 7) is 6.09. The van der Waals surface area contributed by atoms with Crippen LogP contribution in [0.2, 0.25) is 0 Å². The van der Waals surface area contributed by atoms with Gasteiger partial charge in [0.05, 0.1) is 0 Å². The van der Waals surface area contributed by atoms with Gasteiger partial charge in [-0.25, -0.2) is 0 Å². The van der Waals surface area contributed by atoms with Crippen molar-refractivity contribution in [1.82, 2.24) is 10.2 Å². The highest BCUT2D eigenvalue weighted by atomic mass is 15.2. The van der Waals surface area contributed by atoms with E-state index in [1.165, 1.54) is 71.0 Å². The first-order chi connectivity index (χ1) is 7.90. The topological polar surface area (TPSA) is 15.3 Å². The fraction of sp³-hybridized carbons (Fsp3) is 1.00. The number of hydrogen-bond acceptors (Lipinski definition) is 2. The Morgan fingerprint density at radius 3 is 2.56 bits per heavy atom. The van der Waals surface area contributed by atoms with Crippen molar-refractivity contribution in [2.45, 2.75) is 70.4 Å². The summed E-state index contributed by atoms with van der Waals surface area (Å²) in [5.41, 5.74) is 0. The predicted molar refractivity (Wildman–Crippen MR) is 69.8 cm³/mol. The summed E-state index contributed by atoms with van der Waals surface area (Å²) in [6.07, 6.45) is 11.5. The zero-order valence-corrected chi connectivity index (χ0v) is 10.9. The zero-order valence-electron chi connectivity index (χ0n) is 10.9. The molecule has 2 fully saturated rings. The van der Waals surface area contributed by atoms with E-state index in [4.69, 9.17) is 0 Å². The van der Waals surface area contributed by atoms with Gasteiger partial charge in [-0.05, 0) is 19.3 Å². The van der Waals surface area contributed by atoms with Gasteiger partial charge in [-0.2, -0.15) is 0 Å². The summed E-state index contributed by atoms with van der Waals surface area (Å²) in [6, 6.07) is 1.67. The molecule has 1 saturated carbocycles. The predicted octanol–water partition coefficient (Wildman–Crippen LogP) is 2.78. The molecule has 0 radical (unpaired) electrons. The molecule has 1 aliphatic carbocycles. The van der Waals surface area contributed by atoms with Gasteiger partial charge in [-0.3, -0.25) is 4.90 Å². The van der Waals surface area contributed by atoms with Crippen molar-refractivity contribution in [3.8, 4) is 0 Å². The quantitative estimate of drug-likeness (QED) is 0.742. The molecule has 0 amide bonds. The van der Waals surface area contributed by atoms with Crippen LogP contribution in [0, 0.1) is 0 Å². The molecular formula is C14H28N2. The van der Waals surface area contributed by atoms with Gasteiger partial charge in [0.25, 0.3) is 0 Å². The fourth-order valence-corrected chi connectivity index (χ4v) is 3.35. The van der Waals surface area contributed by atoms with Crippen molar-refractivity contribution in [2.24, 2.45) is 0 Å². The Hall–Kier alpha value is -0.0800. The van der Waals surface area contributed by atoms with Crippen molar-refractivity contribution in [3.63, 3.8) is 0 Å². The van der Waals surface area contributed by atoms with E-state index < -0.39 is 0 Å². The van der Waals surface area contributed by atoms with Crippen LogP contribution in [0.1, 0.15) is 58.3 Å². The maximum Gasteiger partial charge on any atom is 0.0195 e. The lowest BCUT2D eigenvalue weighted by Crippen LogP contribution is -2.53. The number of rotatable bonds is 3. The molecule has 0 bridgehead atoms. The highest BCUT2D eigenvalue weighted by Gasteiger charge is 2.25. The van der Waals surface area contributed by atoms with Crippen LogP contribution in [0.3, 0.4) is 0 Å². The second kappa shape index (κ2) is 6.61. The van der Waals surface area contributed by atoms with Crippen LogP contribution < -0.4 is 5.32 Å². The van der Waals surface area contributed by atoms with E-state index in [1.54, 1.807) is 0 Å². The summed E-state index contributed by atoms with van der Waals surface area (Å²) in [7, 11) is 0. The molecule has 2 nitrogen and oxygen atoms in total. The van der Waals surface area contributed by atoms with Crippen LogP contribution in [-0.4, -0.2) is 36.6 Å². The second-order valence-corrected chi connectivity index (χ2v) is 5.58. The minimum atomic E-state index is 0.766. The number of nitrogens with zero attached hydrogens (tertiary/aromatic N) is 1. The lowest BCUT2D eigenvalue weighted by Gasteiger charge is -2.38. The van der Waals surface area contributed by atoms with Crippen molar-refractivity contribution < 1.29 is 0 Å². The minimum absolute atomic E-state index is 0.766. The van der Waals surface area contributed by atoms with Gasteiger partial charge in [-0.15, -0.1) is 0 Å². The molecule has 1 aliphatic heterocycles. The zero-order chi connectivity index (χ0) is 11.2. The Labute approximate surface area is 101 Å². The standard InChI is InChI=1S/C14H28N2/c1-2-7-13-12-16(11-10-15-13)14-8-5-3-4-6-9-14/h13-15H,2-12H2,1H3. The average molecular weight is 224 g/mol. The molecule has 2 rings (SSSR count). The first-order valence-corrected chi connectivity index (χ1v) is 7.37. The molecule has 1 unspecified atom stereocenters. The summed E-state index contributed by atoms with van der Waals surface area (Å²) in [5, 5.41) is 3.66. The molecule has 0 aromatic carbocycles. The van der Waals surface area contributed by atoms with Crippen LogP contribution in [0.15, 0.2) is 0 Å². The van der Waals surface area contributed by atoms with Crippen LogP contribution >= 0.6 is 0 Å². The highest BCUT2D eigenvalue weighted by Crippen LogP contribution is 2.23. The van der Waals surface area contributed by atoms with E-state index in [2.05, 4.69) is 17.1 Å². The Morgan fingerprint density at radius 1 is 1.12 bits per heavy atom. The Bertz CT molecular complexity index is 183. The molecular weight excluding hydrogens is 196 g/mol. The molecule has 0 spiro atoms. The SMILES string of the molecule is CCCC1CN(C2CCCCCC2)CCN1. The molecule has 94 valence electrons. The van der Waals surface area contributed by atoms with Crippen molar-refractivity contribution in [3.05, 3.63) is 0 Å². The maximum atomic E-state index is 3.66. The maximum absolute atomic E-state index is 3.66. The van der Waals surface area contributed by atoms with Gasteiger partial charge in [0.1, 0.15) is 0 Å². The van der Waals surface area contributed by atoms with E-state index in [0.29, 0.717) is 0 Å². The lowest BCUT2D eigenvalue weighted by molar-refractivity contribution is 0.128. The van der Waals surface area contributed by atoms with Crippen molar-refractivity contribution in [1.29, 1.82) is 0 Å². The van der Waals surface area contributed by atoms with E-state index in [9.17, 15) is 0 Å². The van der Waals surface area contributed by atoms with Gasteiger partial charge in [0.2, 0.25) is 0 Å². The minimum Gasteiger partial charge on any atom is -0.311 e. The van der Waals surface area contributed by atoms with Crippen LogP contribution in [0.4, 0.5) is 0 Å². The van der Waals surface area contributed by atoms with Gasteiger partial charge < -0.3 is 5.32 Å². The van der Waals surface area contributed by atoms with E-state index in [0.717, 1.165) is 12.1 Å². The molecule has 0 aromatic heterocycles. The summed E-state index contributed by atoms with van der Waals surface area (Å²) in [4.78, 5) is 2.78. The number of hydrogen-bond donors (Lipinski definition) is 1. The molecule has 1 saturated heterocycles. The van der Waals surface area contributed by atoms with E-state index in [1.807, 2.05) is 0 Å². The number of piperazine rings is 1. The average Bonchev–Trinajstić information content (AvgIpc) is 2.58. The van der Waals surface area contributed by atoms with Crippen LogP contribution in [0.5, 0.6) is 0 Å². The fourth-order valence-electron chi connectivity index (χ4n) is 3.35. The largest absolute Gasteiger partial charge is 0.311 e. The first kappa shape index (κ1) is 12.4. The smallest absolute Gasteiger partial charge is 0.0195 e. The normalized spacial score (nSPS) is 30.2. The molecule has 16 heavy (non-hydrogen) atoms. The molecule has 1 heterocycles. The van der Waals surface area contributed by atoms with Crippen molar-refractivity contribution in [2.75, 3.05) is 19.6 Å². The molecule has 1 N–H and O–H groups in total. The van der Waals surface area contributed by atoms with Gasteiger partial charge >= 0.3 is 0 Å². The lowest BCUT2D eigenvalue weighted by atomic mass is 10.0. The van der Waals surface area contributed by atoms with Crippen LogP contribution in [-0.2, 0) is 0 Å². The summed E-state index contributed by atoms with van der Waals surface area (Å²) < 4.78 is 0. The monoisotopic (exact) mass is 224 g/mol. The van der Waals surface area contributed by atoms with E-state index in [-0.39, 0.29) is 0 Å². The molecule has 0 aromatic rings. The third-order valence-electron chi connectivity index (χ3n) is 4.27. The van der Waals surface area contributed by atoms with Gasteiger partial charge in [0.15, 0.2) is 0 Å². The number of nitrogens with one attached hydrogen (secondary N) is 1. The third kappa shape index (κ3) is 3.46.